The smallest absolute Gasteiger partial charge is 0.364 e. The summed E-state index contributed by atoms with van der Waals surface area (Å²) < 4.78 is 34.7. The van der Waals surface area contributed by atoms with Crippen LogP contribution >= 0.6 is 0 Å². The number of carbonyl (C=O) groups is 3. The third kappa shape index (κ3) is 27.9. The van der Waals surface area contributed by atoms with Gasteiger partial charge in [-0.15, -0.1) is 0 Å². The first-order valence-corrected chi connectivity index (χ1v) is 33.1. The van der Waals surface area contributed by atoms with E-state index in [4.69, 9.17) is 28.4 Å². The number of allylic oxidation sites excluding steroid dienone is 1. The van der Waals surface area contributed by atoms with Crippen molar-refractivity contribution in [3.8, 4) is 0 Å². The molecule has 86 heavy (non-hydrogen) atoms. The molecule has 18 atom stereocenters. The largest absolute Gasteiger partial charge is 0.477 e. The molecule has 0 aliphatic carbocycles. The van der Waals surface area contributed by atoms with E-state index >= 15 is 0 Å². The van der Waals surface area contributed by atoms with Crippen molar-refractivity contribution in [2.45, 2.75) is 342 Å². The average Bonchev–Trinajstić information content (AvgIpc) is 1.37. The third-order valence-corrected chi connectivity index (χ3v) is 17.0. The molecule has 0 aromatic carbocycles. The van der Waals surface area contributed by atoms with E-state index in [9.17, 15) is 75.7 Å². The van der Waals surface area contributed by atoms with E-state index in [0.717, 1.165) is 51.9 Å². The van der Waals surface area contributed by atoms with Crippen LogP contribution < -0.4 is 10.6 Å². The van der Waals surface area contributed by atoms with Crippen molar-refractivity contribution in [2.75, 3.05) is 26.4 Å². The predicted octanol–water partition coefficient (Wildman–Crippen LogP) is 4.73. The molecule has 0 bridgehead atoms. The van der Waals surface area contributed by atoms with Gasteiger partial charge in [-0.25, -0.2) is 4.79 Å². The Morgan fingerprint density at radius 2 is 1.08 bits per heavy atom. The number of hydrogen-bond donors (Lipinski definition) is 14. The Kier molecular flexibility index (Phi) is 40.5. The Hall–Kier alpha value is -2.53. The molecule has 3 heterocycles. The molecule has 23 heteroatoms. The summed E-state index contributed by atoms with van der Waals surface area (Å²) in [5.74, 6) is -6.14. The zero-order valence-electron chi connectivity index (χ0n) is 52.2. The van der Waals surface area contributed by atoms with Crippen molar-refractivity contribution in [2.24, 2.45) is 0 Å². The van der Waals surface area contributed by atoms with E-state index in [-0.39, 0.29) is 12.3 Å². The third-order valence-electron chi connectivity index (χ3n) is 17.0. The minimum absolute atomic E-state index is 0.205. The van der Waals surface area contributed by atoms with Gasteiger partial charge in [-0.1, -0.05) is 206 Å². The van der Waals surface area contributed by atoms with Crippen LogP contribution in [0.4, 0.5) is 0 Å². The van der Waals surface area contributed by atoms with E-state index in [1.165, 1.54) is 141 Å². The molecule has 3 fully saturated rings. The monoisotopic (exact) mass is 1240 g/mol. The minimum atomic E-state index is -3.08. The zero-order valence-corrected chi connectivity index (χ0v) is 52.2. The van der Waals surface area contributed by atoms with Crippen LogP contribution in [0.5, 0.6) is 0 Å². The number of ether oxygens (including phenoxy) is 6. The summed E-state index contributed by atoms with van der Waals surface area (Å²) in [5, 5.41) is 136. The number of nitrogens with one attached hydrogen (secondary N) is 2. The molecular formula is C63H116N2O21. The summed E-state index contributed by atoms with van der Waals surface area (Å²) in [7, 11) is 0. The van der Waals surface area contributed by atoms with Gasteiger partial charge in [0.25, 0.3) is 5.79 Å². The second kappa shape index (κ2) is 44.9. The van der Waals surface area contributed by atoms with Crippen molar-refractivity contribution < 1.29 is 104 Å². The first-order valence-electron chi connectivity index (χ1n) is 33.1. The maximum absolute atomic E-state index is 13.4. The van der Waals surface area contributed by atoms with E-state index in [1.54, 1.807) is 6.08 Å². The second-order valence-corrected chi connectivity index (χ2v) is 24.3. The molecule has 0 saturated carbocycles. The van der Waals surface area contributed by atoms with E-state index in [2.05, 4.69) is 24.5 Å². The Morgan fingerprint density at radius 1 is 0.605 bits per heavy atom. The van der Waals surface area contributed by atoms with Gasteiger partial charge in [-0.05, 0) is 19.3 Å². The number of carboxylic acids is 1. The molecule has 23 nitrogen and oxygen atoms in total. The first-order chi connectivity index (χ1) is 41.4. The van der Waals surface area contributed by atoms with Crippen LogP contribution in [-0.4, -0.2) is 215 Å². The Bertz CT molecular complexity index is 1810. The quantitative estimate of drug-likeness (QED) is 0.0289. The number of hydrogen-bond acceptors (Lipinski definition) is 20. The van der Waals surface area contributed by atoms with Gasteiger partial charge in [0.2, 0.25) is 11.8 Å². The average molecular weight is 1240 g/mol. The summed E-state index contributed by atoms with van der Waals surface area (Å²) in [6, 6.07) is -2.61. The van der Waals surface area contributed by atoms with Crippen LogP contribution in [0, 0.1) is 0 Å². The highest BCUT2D eigenvalue weighted by molar-refractivity contribution is 5.77. The second-order valence-electron chi connectivity index (χ2n) is 24.3. The summed E-state index contributed by atoms with van der Waals surface area (Å²) in [4.78, 5) is 38.5. The molecule has 3 aliphatic heterocycles. The molecule has 0 aromatic rings. The maximum Gasteiger partial charge on any atom is 0.364 e. The van der Waals surface area contributed by atoms with Gasteiger partial charge in [0, 0.05) is 19.8 Å². The highest BCUT2D eigenvalue weighted by Crippen LogP contribution is 2.38. The SMILES string of the molecule is CCCCCCCCCCCCCC=CC(O)C(COC1OC(CO)C(OC2OC(CO)C(O)C(OC3(C(=O)O)CC(O)C(NC(C)=O)C(C(O)C(O)CO)O3)C2O)C(O)C1O)NC(=O)CCCCCCCCCCCCCCCCCCCCC. The molecule has 0 radical (unpaired) electrons. The standard InChI is InChI=1S/C63H116N2O21/c1-4-6-8-10-12-14-16-18-19-20-21-22-23-25-27-29-31-33-35-37-50(73)65-44(45(70)36-34-32-30-28-26-24-17-15-13-11-9-7-5-2)42-81-60-55(77)54(76)57(49(41-68)83-60)84-61-56(78)59(53(75)48(40-67)82-61)86-63(62(79)80)38-46(71)51(64-43(3)69)58(85-63)52(74)47(72)39-66/h34,36,44-49,51-61,66-68,70-72,74-78H,4-33,35,37-42H2,1-3H3,(H,64,69)(H,65,73)(H,79,80). The fraction of sp³-hybridized carbons (Fsp3) is 0.921. The van der Waals surface area contributed by atoms with Gasteiger partial charge >= 0.3 is 5.97 Å². The fourth-order valence-electron chi connectivity index (χ4n) is 11.6. The number of carboxylic acid groups (broad SMARTS) is 1. The lowest BCUT2D eigenvalue weighted by Gasteiger charge is -2.50. The van der Waals surface area contributed by atoms with Crippen LogP contribution in [-0.2, 0) is 42.8 Å². The molecule has 504 valence electrons. The summed E-state index contributed by atoms with van der Waals surface area (Å²) >= 11 is 0. The van der Waals surface area contributed by atoms with Gasteiger partial charge in [0.05, 0.1) is 50.7 Å². The Morgan fingerprint density at radius 3 is 1.55 bits per heavy atom. The first kappa shape index (κ1) is 77.7. The predicted molar refractivity (Wildman–Crippen MR) is 320 cm³/mol. The van der Waals surface area contributed by atoms with Crippen molar-refractivity contribution in [1.29, 1.82) is 0 Å². The number of rotatable bonds is 49. The van der Waals surface area contributed by atoms with Crippen molar-refractivity contribution in [3.63, 3.8) is 0 Å². The minimum Gasteiger partial charge on any atom is -0.477 e. The van der Waals surface area contributed by atoms with E-state index < -0.39 is 155 Å². The van der Waals surface area contributed by atoms with Crippen molar-refractivity contribution in [3.05, 3.63) is 12.2 Å². The lowest BCUT2D eigenvalue weighted by atomic mass is 9.88. The molecule has 3 rings (SSSR count). The van der Waals surface area contributed by atoms with Gasteiger partial charge in [-0.2, -0.15) is 0 Å². The van der Waals surface area contributed by atoms with Crippen LogP contribution in [0.3, 0.4) is 0 Å². The zero-order chi connectivity index (χ0) is 63.3. The molecule has 14 N–H and O–H groups in total. The van der Waals surface area contributed by atoms with Gasteiger partial charge in [-0.3, -0.25) is 9.59 Å². The molecule has 0 spiro atoms. The number of carbonyl (C=O) groups excluding carboxylic acids is 2. The number of unbranched alkanes of at least 4 members (excludes halogenated alkanes) is 29. The fourth-order valence-corrected chi connectivity index (χ4v) is 11.6. The van der Waals surface area contributed by atoms with Crippen LogP contribution in [0.25, 0.3) is 0 Å². The molecule has 18 unspecified atom stereocenters. The number of aliphatic hydroxyl groups excluding tert-OH is 11. The molecule has 2 amide bonds. The lowest BCUT2D eigenvalue weighted by Crippen LogP contribution is -2.70. The lowest BCUT2D eigenvalue weighted by molar-refractivity contribution is -0.386. The Labute approximate surface area is 511 Å². The van der Waals surface area contributed by atoms with Gasteiger partial charge in [0.1, 0.15) is 67.1 Å². The summed E-state index contributed by atoms with van der Waals surface area (Å²) in [6.45, 7) is 2.12. The van der Waals surface area contributed by atoms with Crippen molar-refractivity contribution >= 4 is 17.8 Å². The van der Waals surface area contributed by atoms with Gasteiger partial charge in [0.15, 0.2) is 12.6 Å². The van der Waals surface area contributed by atoms with Crippen LogP contribution in [0.15, 0.2) is 12.2 Å². The van der Waals surface area contributed by atoms with E-state index in [1.807, 2.05) is 6.08 Å². The van der Waals surface area contributed by atoms with Crippen LogP contribution in [0.2, 0.25) is 0 Å². The topological polar surface area (TPSA) is 373 Å². The summed E-state index contributed by atoms with van der Waals surface area (Å²) in [5.41, 5.74) is 0. The highest BCUT2D eigenvalue weighted by atomic mass is 16.8. The van der Waals surface area contributed by atoms with Gasteiger partial charge < -0.3 is 100 Å². The highest BCUT2D eigenvalue weighted by Gasteiger charge is 2.60. The van der Waals surface area contributed by atoms with Crippen LogP contribution in [0.1, 0.15) is 233 Å². The molecule has 0 aromatic heterocycles. The number of amides is 2. The molecular weight excluding hydrogens is 1120 g/mol. The van der Waals surface area contributed by atoms with Crippen molar-refractivity contribution in [1.82, 2.24) is 10.6 Å². The maximum atomic E-state index is 13.4. The molecule has 3 saturated heterocycles. The number of aliphatic carboxylic acids is 1. The number of aliphatic hydroxyl groups is 11. The Balaban J connectivity index is 1.62. The molecule has 3 aliphatic rings. The summed E-state index contributed by atoms with van der Waals surface area (Å²) in [6.07, 6.45) is 11.2. The van der Waals surface area contributed by atoms with E-state index in [0.29, 0.717) is 12.8 Å². The normalized spacial score (nSPS) is 29.4.